The van der Waals surface area contributed by atoms with Gasteiger partial charge in [-0.2, -0.15) is 0 Å². The first-order valence-electron chi connectivity index (χ1n) is 8.32. The first-order valence-corrected chi connectivity index (χ1v) is 8.32. The van der Waals surface area contributed by atoms with Crippen molar-refractivity contribution in [3.8, 4) is 0 Å². The van der Waals surface area contributed by atoms with E-state index in [2.05, 4.69) is 24.5 Å². The van der Waals surface area contributed by atoms with Crippen molar-refractivity contribution in [3.05, 3.63) is 0 Å². The second kappa shape index (κ2) is 7.41. The maximum Gasteiger partial charge on any atom is 0.226 e. The number of hydrogen-bond acceptors (Lipinski definition) is 3. The molecule has 2 rings (SSSR count). The van der Waals surface area contributed by atoms with Gasteiger partial charge < -0.3 is 15.4 Å². The minimum Gasteiger partial charge on any atom is -0.378 e. The van der Waals surface area contributed by atoms with Crippen molar-refractivity contribution < 1.29 is 9.53 Å². The molecule has 4 heteroatoms. The summed E-state index contributed by atoms with van der Waals surface area (Å²) in [7, 11) is 0. The number of carbonyl (C=O) groups excluding carboxylic acids is 1. The summed E-state index contributed by atoms with van der Waals surface area (Å²) in [6.07, 6.45) is 6.52. The molecular weight excluding hydrogens is 252 g/mol. The molecule has 2 atom stereocenters. The Morgan fingerprint density at radius 2 is 2.10 bits per heavy atom. The highest BCUT2D eigenvalue weighted by molar-refractivity contribution is 5.82. The van der Waals surface area contributed by atoms with Gasteiger partial charge in [-0.15, -0.1) is 0 Å². The first kappa shape index (κ1) is 15.8. The third-order valence-corrected chi connectivity index (χ3v) is 5.04. The van der Waals surface area contributed by atoms with Crippen molar-refractivity contribution in [1.82, 2.24) is 10.6 Å². The molecule has 2 unspecified atom stereocenters. The molecule has 0 aliphatic carbocycles. The molecule has 0 aromatic carbocycles. The van der Waals surface area contributed by atoms with Crippen molar-refractivity contribution in [2.75, 3.05) is 26.2 Å². The highest BCUT2D eigenvalue weighted by atomic mass is 16.5. The van der Waals surface area contributed by atoms with Gasteiger partial charge in [-0.1, -0.05) is 20.3 Å². The van der Waals surface area contributed by atoms with Crippen molar-refractivity contribution in [1.29, 1.82) is 0 Å². The molecule has 2 fully saturated rings. The number of amides is 1. The van der Waals surface area contributed by atoms with Crippen molar-refractivity contribution in [2.45, 2.75) is 58.5 Å². The molecule has 2 aliphatic rings. The molecule has 0 bridgehead atoms. The number of ether oxygens (including phenoxy) is 1. The molecule has 4 nitrogen and oxygen atoms in total. The second-order valence-corrected chi connectivity index (χ2v) is 6.36. The Bertz CT molecular complexity index is 308. The van der Waals surface area contributed by atoms with Crippen LogP contribution in [0.1, 0.15) is 52.4 Å². The first-order chi connectivity index (χ1) is 9.72. The van der Waals surface area contributed by atoms with Crippen LogP contribution in [0.2, 0.25) is 0 Å². The Balaban J connectivity index is 1.88. The van der Waals surface area contributed by atoms with Crippen molar-refractivity contribution in [2.24, 2.45) is 11.3 Å². The molecule has 0 radical (unpaired) electrons. The van der Waals surface area contributed by atoms with Crippen LogP contribution in [0, 0.1) is 11.3 Å². The third-order valence-electron chi connectivity index (χ3n) is 5.04. The molecule has 1 amide bonds. The number of rotatable bonds is 6. The van der Waals surface area contributed by atoms with E-state index in [1.807, 2.05) is 0 Å². The number of nitrogens with one attached hydrogen (secondary N) is 2. The smallest absolute Gasteiger partial charge is 0.226 e. The van der Waals surface area contributed by atoms with Crippen LogP contribution in [0.15, 0.2) is 0 Å². The lowest BCUT2D eigenvalue weighted by Crippen LogP contribution is -2.48. The predicted molar refractivity (Wildman–Crippen MR) is 80.6 cm³/mol. The third kappa shape index (κ3) is 3.53. The van der Waals surface area contributed by atoms with Gasteiger partial charge >= 0.3 is 0 Å². The molecule has 0 aromatic heterocycles. The molecule has 2 heterocycles. The largest absolute Gasteiger partial charge is 0.378 e. The number of carbonyl (C=O) groups is 1. The fourth-order valence-electron chi connectivity index (χ4n) is 3.76. The van der Waals surface area contributed by atoms with Gasteiger partial charge in [0.15, 0.2) is 0 Å². The molecule has 0 aromatic rings. The summed E-state index contributed by atoms with van der Waals surface area (Å²) in [6.45, 7) is 7.92. The summed E-state index contributed by atoms with van der Waals surface area (Å²) < 4.78 is 5.70. The van der Waals surface area contributed by atoms with E-state index in [1.54, 1.807) is 0 Å². The average molecular weight is 282 g/mol. The predicted octanol–water partition coefficient (Wildman–Crippen LogP) is 2.09. The zero-order valence-corrected chi connectivity index (χ0v) is 13.0. The van der Waals surface area contributed by atoms with E-state index >= 15 is 0 Å². The topological polar surface area (TPSA) is 50.4 Å². The molecule has 2 saturated heterocycles. The summed E-state index contributed by atoms with van der Waals surface area (Å²) >= 11 is 0. The van der Waals surface area contributed by atoms with Crippen LogP contribution in [0.25, 0.3) is 0 Å². The van der Waals surface area contributed by atoms with Gasteiger partial charge in [-0.05, 0) is 45.2 Å². The van der Waals surface area contributed by atoms with Crippen molar-refractivity contribution >= 4 is 5.91 Å². The SMILES string of the molecule is CCCC1(C(=O)NCC2CCOC2CC)CCNCC1. The van der Waals surface area contributed by atoms with Crippen LogP contribution < -0.4 is 10.6 Å². The standard InChI is InChI=1S/C16H30N2O2/c1-3-6-16(7-9-17-10-8-16)15(19)18-12-13-5-11-20-14(13)4-2/h13-14,17H,3-12H2,1-2H3,(H,18,19). The zero-order valence-electron chi connectivity index (χ0n) is 13.0. The minimum absolute atomic E-state index is 0.124. The average Bonchev–Trinajstić information content (AvgIpc) is 2.93. The van der Waals surface area contributed by atoms with E-state index in [0.717, 1.165) is 64.8 Å². The maximum absolute atomic E-state index is 12.7. The van der Waals surface area contributed by atoms with Crippen LogP contribution in [0.3, 0.4) is 0 Å². The molecule has 0 spiro atoms. The summed E-state index contributed by atoms with van der Waals surface area (Å²) in [6, 6.07) is 0. The van der Waals surface area contributed by atoms with Gasteiger partial charge in [0.05, 0.1) is 11.5 Å². The Hall–Kier alpha value is -0.610. The molecule has 2 N–H and O–H groups in total. The Labute approximate surface area is 123 Å². The highest BCUT2D eigenvalue weighted by Crippen LogP contribution is 2.34. The van der Waals surface area contributed by atoms with Crippen LogP contribution >= 0.6 is 0 Å². The monoisotopic (exact) mass is 282 g/mol. The summed E-state index contributed by atoms with van der Waals surface area (Å²) in [4.78, 5) is 12.7. The van der Waals surface area contributed by atoms with Crippen LogP contribution in [0.5, 0.6) is 0 Å². The lowest BCUT2D eigenvalue weighted by molar-refractivity contribution is -0.133. The van der Waals surface area contributed by atoms with Gasteiger partial charge in [-0.25, -0.2) is 0 Å². The fraction of sp³-hybridized carbons (Fsp3) is 0.938. The Morgan fingerprint density at radius 3 is 2.75 bits per heavy atom. The van der Waals surface area contributed by atoms with Gasteiger partial charge in [0.2, 0.25) is 5.91 Å². The normalized spacial score (nSPS) is 29.3. The number of hydrogen-bond donors (Lipinski definition) is 2. The lowest BCUT2D eigenvalue weighted by Gasteiger charge is -2.36. The Morgan fingerprint density at radius 1 is 1.35 bits per heavy atom. The number of piperidine rings is 1. The molecule has 116 valence electrons. The minimum atomic E-state index is -0.124. The Kier molecular flexibility index (Phi) is 5.85. The summed E-state index contributed by atoms with van der Waals surface area (Å²) in [5.41, 5.74) is -0.124. The van der Waals surface area contributed by atoms with E-state index < -0.39 is 0 Å². The molecule has 2 aliphatic heterocycles. The van der Waals surface area contributed by atoms with Crippen LogP contribution in [-0.4, -0.2) is 38.3 Å². The van der Waals surface area contributed by atoms with E-state index in [1.165, 1.54) is 0 Å². The van der Waals surface area contributed by atoms with E-state index in [-0.39, 0.29) is 11.3 Å². The fourth-order valence-corrected chi connectivity index (χ4v) is 3.76. The van der Waals surface area contributed by atoms with Crippen LogP contribution in [0.4, 0.5) is 0 Å². The quantitative estimate of drug-likeness (QED) is 0.784. The lowest BCUT2D eigenvalue weighted by atomic mass is 9.74. The van der Waals surface area contributed by atoms with Gasteiger partial charge in [0.1, 0.15) is 0 Å². The van der Waals surface area contributed by atoms with Gasteiger partial charge in [-0.3, -0.25) is 4.79 Å². The summed E-state index contributed by atoms with van der Waals surface area (Å²) in [5, 5.41) is 6.60. The van der Waals surface area contributed by atoms with Gasteiger partial charge in [0, 0.05) is 19.1 Å². The van der Waals surface area contributed by atoms with Crippen molar-refractivity contribution in [3.63, 3.8) is 0 Å². The summed E-state index contributed by atoms with van der Waals surface area (Å²) in [5.74, 6) is 0.784. The molecular formula is C16H30N2O2. The van der Waals surface area contributed by atoms with E-state index in [4.69, 9.17) is 4.74 Å². The van der Waals surface area contributed by atoms with Gasteiger partial charge in [0.25, 0.3) is 0 Å². The second-order valence-electron chi connectivity index (χ2n) is 6.36. The van der Waals surface area contributed by atoms with E-state index in [9.17, 15) is 4.79 Å². The zero-order chi connectivity index (χ0) is 14.4. The maximum atomic E-state index is 12.7. The van der Waals surface area contributed by atoms with Crippen LogP contribution in [-0.2, 0) is 9.53 Å². The highest BCUT2D eigenvalue weighted by Gasteiger charge is 2.39. The van der Waals surface area contributed by atoms with E-state index in [0.29, 0.717) is 12.0 Å². The molecule has 0 saturated carbocycles. The molecule has 20 heavy (non-hydrogen) atoms.